The molecular formula is C16H18Cl2N2O4. The van der Waals surface area contributed by atoms with Gasteiger partial charge in [0.1, 0.15) is 5.92 Å². The van der Waals surface area contributed by atoms with E-state index in [1.807, 2.05) is 0 Å². The summed E-state index contributed by atoms with van der Waals surface area (Å²) >= 11 is 5.95. The summed E-state index contributed by atoms with van der Waals surface area (Å²) in [4.78, 5) is 39.1. The van der Waals surface area contributed by atoms with Crippen molar-refractivity contribution < 1.29 is 19.5 Å². The van der Waals surface area contributed by atoms with E-state index in [4.69, 9.17) is 16.7 Å². The molecule has 130 valence electrons. The minimum Gasteiger partial charge on any atom is -0.481 e. The van der Waals surface area contributed by atoms with E-state index in [1.54, 1.807) is 29.2 Å². The summed E-state index contributed by atoms with van der Waals surface area (Å²) in [6.07, 6.45) is 0.887. The maximum absolute atomic E-state index is 12.5. The summed E-state index contributed by atoms with van der Waals surface area (Å²) in [5.74, 6) is -2.64. The van der Waals surface area contributed by atoms with Crippen molar-refractivity contribution >= 4 is 47.5 Å². The van der Waals surface area contributed by atoms with Crippen molar-refractivity contribution in [3.63, 3.8) is 0 Å². The fraction of sp³-hybridized carbons (Fsp3) is 0.438. The highest BCUT2D eigenvalue weighted by molar-refractivity contribution is 6.31. The summed E-state index contributed by atoms with van der Waals surface area (Å²) in [6, 6.07) is 6.97. The topological polar surface area (TPSA) is 77.9 Å². The summed E-state index contributed by atoms with van der Waals surface area (Å²) in [7, 11) is 0. The van der Waals surface area contributed by atoms with Crippen LogP contribution in [0.2, 0.25) is 5.02 Å². The molecule has 1 aromatic carbocycles. The molecular weight excluding hydrogens is 355 g/mol. The molecule has 2 amide bonds. The van der Waals surface area contributed by atoms with Gasteiger partial charge >= 0.3 is 5.97 Å². The minimum absolute atomic E-state index is 0. The van der Waals surface area contributed by atoms with Crippen LogP contribution in [0.3, 0.4) is 0 Å². The van der Waals surface area contributed by atoms with Crippen molar-refractivity contribution in [2.45, 2.75) is 12.8 Å². The number of aliphatic carboxylic acids is 1. The number of nitrogens with zero attached hydrogens (tertiary/aromatic N) is 2. The number of anilines is 1. The van der Waals surface area contributed by atoms with Crippen LogP contribution in [0.4, 0.5) is 5.69 Å². The predicted octanol–water partition coefficient (Wildman–Crippen LogP) is 2.05. The first-order valence-electron chi connectivity index (χ1n) is 7.56. The van der Waals surface area contributed by atoms with Gasteiger partial charge < -0.3 is 14.9 Å². The second kappa shape index (κ2) is 7.40. The number of likely N-dealkylation sites (tertiary alicyclic amines) is 1. The average Bonchev–Trinajstić information content (AvgIpc) is 3.13. The van der Waals surface area contributed by atoms with Gasteiger partial charge in [-0.15, -0.1) is 12.4 Å². The van der Waals surface area contributed by atoms with Gasteiger partial charge in [0, 0.05) is 30.3 Å². The van der Waals surface area contributed by atoms with E-state index in [9.17, 15) is 14.4 Å². The highest BCUT2D eigenvalue weighted by Gasteiger charge is 2.42. The molecule has 1 N–H and O–H groups in total. The van der Waals surface area contributed by atoms with E-state index >= 15 is 0 Å². The van der Waals surface area contributed by atoms with Crippen LogP contribution in [0.15, 0.2) is 24.3 Å². The van der Waals surface area contributed by atoms with Crippen molar-refractivity contribution in [3.05, 3.63) is 29.3 Å². The van der Waals surface area contributed by atoms with Crippen LogP contribution in [0.1, 0.15) is 12.8 Å². The van der Waals surface area contributed by atoms with Crippen LogP contribution in [-0.4, -0.2) is 47.4 Å². The highest BCUT2D eigenvalue weighted by Crippen LogP contribution is 2.29. The van der Waals surface area contributed by atoms with Gasteiger partial charge in [0.2, 0.25) is 11.8 Å². The van der Waals surface area contributed by atoms with Gasteiger partial charge in [-0.3, -0.25) is 14.4 Å². The molecule has 0 radical (unpaired) electrons. The number of hydrogen-bond donors (Lipinski definition) is 1. The summed E-state index contributed by atoms with van der Waals surface area (Å²) < 4.78 is 0. The van der Waals surface area contributed by atoms with Crippen LogP contribution >= 0.6 is 24.0 Å². The van der Waals surface area contributed by atoms with Crippen LogP contribution in [-0.2, 0) is 14.4 Å². The Hall–Kier alpha value is -1.79. The van der Waals surface area contributed by atoms with E-state index in [1.165, 1.54) is 4.90 Å². The second-order valence-corrected chi connectivity index (χ2v) is 6.36. The minimum atomic E-state index is -0.890. The molecule has 0 spiro atoms. The first-order valence-corrected chi connectivity index (χ1v) is 7.93. The average molecular weight is 373 g/mol. The van der Waals surface area contributed by atoms with Crippen molar-refractivity contribution in [2.24, 2.45) is 11.8 Å². The third-order valence-corrected chi connectivity index (χ3v) is 4.71. The first kappa shape index (κ1) is 18.5. The molecule has 24 heavy (non-hydrogen) atoms. The third-order valence-electron chi connectivity index (χ3n) is 4.47. The molecule has 2 aliphatic heterocycles. The molecule has 8 heteroatoms. The Morgan fingerprint density at radius 3 is 2.58 bits per heavy atom. The molecule has 2 unspecified atom stereocenters. The number of carbonyl (C=O) groups excluding carboxylic acids is 2. The number of halogens is 2. The summed E-state index contributed by atoms with van der Waals surface area (Å²) in [5, 5.41) is 9.56. The number of amides is 2. The zero-order chi connectivity index (χ0) is 16.6. The fourth-order valence-corrected chi connectivity index (χ4v) is 3.38. The molecule has 2 saturated heterocycles. The van der Waals surface area contributed by atoms with Crippen molar-refractivity contribution in [1.82, 2.24) is 4.90 Å². The van der Waals surface area contributed by atoms with Crippen molar-refractivity contribution in [3.8, 4) is 0 Å². The van der Waals surface area contributed by atoms with Gasteiger partial charge in [-0.1, -0.05) is 17.7 Å². The number of carbonyl (C=O) groups is 3. The Kier molecular flexibility index (Phi) is 5.72. The quantitative estimate of drug-likeness (QED) is 0.823. The highest BCUT2D eigenvalue weighted by atomic mass is 35.5. The zero-order valence-corrected chi connectivity index (χ0v) is 14.4. The molecule has 1 aromatic rings. The van der Waals surface area contributed by atoms with Gasteiger partial charge in [-0.25, -0.2) is 0 Å². The predicted molar refractivity (Wildman–Crippen MR) is 91.5 cm³/mol. The van der Waals surface area contributed by atoms with E-state index in [2.05, 4.69) is 0 Å². The molecule has 0 bridgehead atoms. The SMILES string of the molecule is Cl.O=C(O)C1CCN(C(=O)C2CCN(c3cccc(Cl)c3)C2=O)C1. The Morgan fingerprint density at radius 2 is 1.96 bits per heavy atom. The largest absolute Gasteiger partial charge is 0.481 e. The van der Waals surface area contributed by atoms with E-state index in [0.29, 0.717) is 36.6 Å². The zero-order valence-electron chi connectivity index (χ0n) is 12.9. The van der Waals surface area contributed by atoms with Crippen LogP contribution in [0.25, 0.3) is 0 Å². The van der Waals surface area contributed by atoms with Gasteiger partial charge in [0.15, 0.2) is 0 Å². The van der Waals surface area contributed by atoms with Gasteiger partial charge in [0.05, 0.1) is 5.92 Å². The normalized spacial score (nSPS) is 23.3. The maximum atomic E-state index is 12.5. The smallest absolute Gasteiger partial charge is 0.308 e. The Morgan fingerprint density at radius 1 is 1.21 bits per heavy atom. The number of rotatable bonds is 3. The lowest BCUT2D eigenvalue weighted by molar-refractivity contribution is -0.142. The molecule has 0 saturated carbocycles. The molecule has 2 fully saturated rings. The second-order valence-electron chi connectivity index (χ2n) is 5.92. The maximum Gasteiger partial charge on any atom is 0.308 e. The standard InChI is InChI=1S/C16H17ClN2O4.ClH/c17-11-2-1-3-12(8-11)19-7-5-13(15(19)21)14(20)18-6-4-10(9-18)16(22)23;/h1-3,8,10,13H,4-7,9H2,(H,22,23);1H. The lowest BCUT2D eigenvalue weighted by Crippen LogP contribution is -2.39. The number of carboxylic acids is 1. The van der Waals surface area contributed by atoms with Crippen LogP contribution in [0, 0.1) is 11.8 Å². The van der Waals surface area contributed by atoms with Crippen molar-refractivity contribution in [2.75, 3.05) is 24.5 Å². The van der Waals surface area contributed by atoms with E-state index in [-0.39, 0.29) is 30.8 Å². The Labute approximate surface area is 150 Å². The first-order chi connectivity index (χ1) is 11.0. The van der Waals surface area contributed by atoms with Gasteiger partial charge in [0.25, 0.3) is 0 Å². The molecule has 2 aliphatic rings. The van der Waals surface area contributed by atoms with Gasteiger partial charge in [-0.2, -0.15) is 0 Å². The molecule has 0 aromatic heterocycles. The van der Waals surface area contributed by atoms with Crippen LogP contribution in [0.5, 0.6) is 0 Å². The summed E-state index contributed by atoms with van der Waals surface area (Å²) in [5.41, 5.74) is 0.683. The molecule has 0 aliphatic carbocycles. The van der Waals surface area contributed by atoms with Crippen LogP contribution < -0.4 is 4.90 Å². The van der Waals surface area contributed by atoms with Gasteiger partial charge in [-0.05, 0) is 31.0 Å². The molecule has 2 atom stereocenters. The lowest BCUT2D eigenvalue weighted by atomic mass is 10.1. The number of benzene rings is 1. The molecule has 6 nitrogen and oxygen atoms in total. The number of carboxylic acid groups (broad SMARTS) is 1. The Balaban J connectivity index is 0.00000208. The Bertz CT molecular complexity index is 667. The third kappa shape index (κ3) is 3.49. The molecule has 3 rings (SSSR count). The lowest BCUT2D eigenvalue weighted by Gasteiger charge is -2.20. The van der Waals surface area contributed by atoms with E-state index < -0.39 is 17.8 Å². The fourth-order valence-electron chi connectivity index (χ4n) is 3.19. The monoisotopic (exact) mass is 372 g/mol. The summed E-state index contributed by atoms with van der Waals surface area (Å²) in [6.45, 7) is 1.05. The van der Waals surface area contributed by atoms with Crippen molar-refractivity contribution in [1.29, 1.82) is 0 Å². The number of hydrogen-bond acceptors (Lipinski definition) is 3. The van der Waals surface area contributed by atoms with E-state index in [0.717, 1.165) is 0 Å². The molecule has 2 heterocycles.